The highest BCUT2D eigenvalue weighted by atomic mass is 16.2. The Morgan fingerprint density at radius 1 is 1.30 bits per heavy atom. The Labute approximate surface area is 121 Å². The molecule has 1 aliphatic rings. The van der Waals surface area contributed by atoms with Crippen molar-refractivity contribution in [3.63, 3.8) is 0 Å². The molecule has 1 aromatic carbocycles. The van der Waals surface area contributed by atoms with Gasteiger partial charge in [0.25, 0.3) is 0 Å². The summed E-state index contributed by atoms with van der Waals surface area (Å²) in [4.78, 5) is 16.7. The van der Waals surface area contributed by atoms with E-state index in [9.17, 15) is 4.79 Å². The van der Waals surface area contributed by atoms with E-state index < -0.39 is 0 Å². The number of amides is 1. The summed E-state index contributed by atoms with van der Waals surface area (Å²) >= 11 is 0. The highest BCUT2D eigenvalue weighted by Gasteiger charge is 2.27. The van der Waals surface area contributed by atoms with E-state index in [-0.39, 0.29) is 11.9 Å². The van der Waals surface area contributed by atoms with Crippen LogP contribution in [0.5, 0.6) is 0 Å². The first-order chi connectivity index (χ1) is 9.74. The van der Waals surface area contributed by atoms with E-state index in [0.717, 1.165) is 44.6 Å². The molecule has 0 aliphatic carbocycles. The van der Waals surface area contributed by atoms with E-state index in [1.165, 1.54) is 0 Å². The minimum atomic E-state index is -0.123. The van der Waals surface area contributed by atoms with Crippen LogP contribution in [0, 0.1) is 0 Å². The smallest absolute Gasteiger partial charge is 0.244 e. The summed E-state index contributed by atoms with van der Waals surface area (Å²) in [5.74, 6) is 0.239. The third-order valence-electron chi connectivity index (χ3n) is 3.93. The normalized spacial score (nSPS) is 16.2. The first kappa shape index (κ1) is 14.9. The highest BCUT2D eigenvalue weighted by Crippen LogP contribution is 2.19. The van der Waals surface area contributed by atoms with Crippen LogP contribution in [-0.4, -0.2) is 43.0 Å². The molecular formula is C16H25N3O. The fraction of sp³-hybridized carbons (Fsp3) is 0.562. The molecule has 0 aromatic heterocycles. The molecule has 110 valence electrons. The van der Waals surface area contributed by atoms with Crippen LogP contribution in [0.3, 0.4) is 0 Å². The molecule has 0 spiro atoms. The van der Waals surface area contributed by atoms with Crippen LogP contribution in [0.2, 0.25) is 0 Å². The maximum atomic E-state index is 12.6. The van der Waals surface area contributed by atoms with Gasteiger partial charge in [-0.25, -0.2) is 0 Å². The summed E-state index contributed by atoms with van der Waals surface area (Å²) in [6, 6.07) is 10.0. The number of likely N-dealkylation sites (tertiary alicyclic amines) is 1. The lowest BCUT2D eigenvalue weighted by atomic mass is 10.2. The molecule has 1 unspecified atom stereocenters. The molecule has 20 heavy (non-hydrogen) atoms. The van der Waals surface area contributed by atoms with Crippen LogP contribution < -0.4 is 10.6 Å². The lowest BCUT2D eigenvalue weighted by Crippen LogP contribution is -2.47. The van der Waals surface area contributed by atoms with Crippen molar-refractivity contribution in [1.82, 2.24) is 4.90 Å². The van der Waals surface area contributed by atoms with Crippen molar-refractivity contribution in [1.29, 1.82) is 0 Å². The summed E-state index contributed by atoms with van der Waals surface area (Å²) in [6.07, 6.45) is 3.16. The van der Waals surface area contributed by atoms with E-state index in [4.69, 9.17) is 5.73 Å². The molecule has 2 N–H and O–H groups in total. The Kier molecular flexibility index (Phi) is 5.41. The Bertz CT molecular complexity index is 415. The molecule has 2 rings (SSSR count). The van der Waals surface area contributed by atoms with Crippen molar-refractivity contribution in [2.45, 2.75) is 32.2 Å². The number of carbonyl (C=O) groups excluding carboxylic acids is 1. The number of hydrogen-bond acceptors (Lipinski definition) is 3. The van der Waals surface area contributed by atoms with Crippen LogP contribution in [0.15, 0.2) is 30.3 Å². The zero-order valence-electron chi connectivity index (χ0n) is 12.3. The number of anilines is 1. The zero-order chi connectivity index (χ0) is 14.4. The SMILES string of the molecule is CC(C(=O)N1CCCC1)N(CCCN)c1ccccc1. The number of benzene rings is 1. The minimum absolute atomic E-state index is 0.123. The maximum absolute atomic E-state index is 12.6. The van der Waals surface area contributed by atoms with E-state index in [2.05, 4.69) is 17.0 Å². The number of nitrogens with two attached hydrogens (primary N) is 1. The summed E-state index contributed by atoms with van der Waals surface area (Å²) in [6.45, 7) is 5.28. The second kappa shape index (κ2) is 7.29. The molecule has 0 radical (unpaired) electrons. The van der Waals surface area contributed by atoms with Gasteiger partial charge in [-0.3, -0.25) is 4.79 Å². The van der Waals surface area contributed by atoms with Gasteiger partial charge in [0.1, 0.15) is 6.04 Å². The summed E-state index contributed by atoms with van der Waals surface area (Å²) in [5.41, 5.74) is 6.73. The van der Waals surface area contributed by atoms with Gasteiger partial charge < -0.3 is 15.5 Å². The molecule has 1 aliphatic heterocycles. The predicted octanol–water partition coefficient (Wildman–Crippen LogP) is 1.85. The van der Waals surface area contributed by atoms with Gasteiger partial charge in [-0.05, 0) is 44.9 Å². The summed E-state index contributed by atoms with van der Waals surface area (Å²) in [7, 11) is 0. The van der Waals surface area contributed by atoms with Crippen LogP contribution in [0.1, 0.15) is 26.2 Å². The van der Waals surface area contributed by atoms with Crippen molar-refractivity contribution in [2.75, 3.05) is 31.1 Å². The van der Waals surface area contributed by atoms with Gasteiger partial charge >= 0.3 is 0 Å². The third-order valence-corrected chi connectivity index (χ3v) is 3.93. The van der Waals surface area contributed by atoms with E-state index >= 15 is 0 Å². The Hall–Kier alpha value is -1.55. The standard InChI is InChI=1S/C16H25N3O/c1-14(16(20)18-11-5-6-12-18)19(13-7-10-17)15-8-3-2-4-9-15/h2-4,8-9,14H,5-7,10-13,17H2,1H3. The second-order valence-corrected chi connectivity index (χ2v) is 5.38. The molecule has 4 nitrogen and oxygen atoms in total. The van der Waals surface area contributed by atoms with Gasteiger partial charge in [0.05, 0.1) is 0 Å². The molecule has 1 saturated heterocycles. The van der Waals surface area contributed by atoms with Gasteiger partial charge in [0.15, 0.2) is 0 Å². The first-order valence-electron chi connectivity index (χ1n) is 7.54. The number of carbonyl (C=O) groups is 1. The van der Waals surface area contributed by atoms with Gasteiger partial charge in [-0.15, -0.1) is 0 Å². The summed E-state index contributed by atoms with van der Waals surface area (Å²) < 4.78 is 0. The molecule has 1 fully saturated rings. The van der Waals surface area contributed by atoms with Crippen molar-refractivity contribution >= 4 is 11.6 Å². The zero-order valence-corrected chi connectivity index (χ0v) is 12.3. The molecule has 0 saturated carbocycles. The van der Waals surface area contributed by atoms with Crippen molar-refractivity contribution in [2.24, 2.45) is 5.73 Å². The lowest BCUT2D eigenvalue weighted by molar-refractivity contribution is -0.131. The average molecular weight is 275 g/mol. The second-order valence-electron chi connectivity index (χ2n) is 5.38. The van der Waals surface area contributed by atoms with Crippen LogP contribution in [-0.2, 0) is 4.79 Å². The Morgan fingerprint density at radius 2 is 1.95 bits per heavy atom. The molecule has 4 heteroatoms. The van der Waals surface area contributed by atoms with Crippen molar-refractivity contribution in [3.05, 3.63) is 30.3 Å². The molecule has 1 aromatic rings. The average Bonchev–Trinajstić information content (AvgIpc) is 3.02. The monoisotopic (exact) mass is 275 g/mol. The third kappa shape index (κ3) is 3.51. The molecule has 1 heterocycles. The molecule has 1 amide bonds. The minimum Gasteiger partial charge on any atom is -0.360 e. The van der Waals surface area contributed by atoms with Gasteiger partial charge in [0.2, 0.25) is 5.91 Å². The van der Waals surface area contributed by atoms with E-state index in [1.54, 1.807) is 0 Å². The van der Waals surface area contributed by atoms with E-state index in [0.29, 0.717) is 6.54 Å². The number of hydrogen-bond donors (Lipinski definition) is 1. The van der Waals surface area contributed by atoms with Crippen LogP contribution in [0.25, 0.3) is 0 Å². The number of rotatable bonds is 6. The largest absolute Gasteiger partial charge is 0.360 e. The van der Waals surface area contributed by atoms with Crippen LogP contribution in [0.4, 0.5) is 5.69 Å². The fourth-order valence-corrected chi connectivity index (χ4v) is 2.76. The number of nitrogens with zero attached hydrogens (tertiary/aromatic N) is 2. The predicted molar refractivity (Wildman–Crippen MR) is 82.7 cm³/mol. The first-order valence-corrected chi connectivity index (χ1v) is 7.54. The Morgan fingerprint density at radius 3 is 2.55 bits per heavy atom. The molecule has 1 atom stereocenters. The topological polar surface area (TPSA) is 49.6 Å². The Balaban J connectivity index is 2.10. The summed E-state index contributed by atoms with van der Waals surface area (Å²) in [5, 5.41) is 0. The lowest BCUT2D eigenvalue weighted by Gasteiger charge is -2.33. The van der Waals surface area contributed by atoms with Gasteiger partial charge in [-0.2, -0.15) is 0 Å². The van der Waals surface area contributed by atoms with E-state index in [1.807, 2.05) is 30.0 Å². The molecular weight excluding hydrogens is 250 g/mol. The van der Waals surface area contributed by atoms with Crippen molar-refractivity contribution in [3.8, 4) is 0 Å². The van der Waals surface area contributed by atoms with Crippen LogP contribution >= 0.6 is 0 Å². The molecule has 0 bridgehead atoms. The van der Waals surface area contributed by atoms with Gasteiger partial charge in [0, 0.05) is 25.3 Å². The van der Waals surface area contributed by atoms with Crippen molar-refractivity contribution < 1.29 is 4.79 Å². The highest BCUT2D eigenvalue weighted by molar-refractivity contribution is 5.85. The quantitative estimate of drug-likeness (QED) is 0.862. The van der Waals surface area contributed by atoms with Gasteiger partial charge in [-0.1, -0.05) is 18.2 Å². The maximum Gasteiger partial charge on any atom is 0.244 e. The number of para-hydroxylation sites is 1. The fourth-order valence-electron chi connectivity index (χ4n) is 2.76.